The van der Waals surface area contributed by atoms with Gasteiger partial charge < -0.3 is 14.4 Å². The van der Waals surface area contributed by atoms with Crippen molar-refractivity contribution >= 4 is 12.0 Å². The smallest absolute Gasteiger partial charge is 0.246 e. The van der Waals surface area contributed by atoms with Gasteiger partial charge in [0, 0.05) is 55.5 Å². The molecule has 0 unspecified atom stereocenters. The van der Waals surface area contributed by atoms with Gasteiger partial charge in [-0.3, -0.25) is 9.78 Å². The predicted octanol–water partition coefficient (Wildman–Crippen LogP) is 5.16. The molecule has 1 aliphatic rings. The second kappa shape index (κ2) is 11.7. The lowest BCUT2D eigenvalue weighted by molar-refractivity contribution is -0.128. The van der Waals surface area contributed by atoms with Crippen molar-refractivity contribution in [3.05, 3.63) is 103 Å². The Kier molecular flexibility index (Phi) is 7.72. The molecule has 7 nitrogen and oxygen atoms in total. The summed E-state index contributed by atoms with van der Waals surface area (Å²) < 4.78 is 13.0. The molecule has 1 fully saturated rings. The quantitative estimate of drug-likeness (QED) is 0.301. The molecule has 1 amide bonds. The van der Waals surface area contributed by atoms with E-state index in [-0.39, 0.29) is 12.0 Å². The molecule has 37 heavy (non-hydrogen) atoms. The van der Waals surface area contributed by atoms with E-state index >= 15 is 0 Å². The molecule has 1 aliphatic heterocycles. The van der Waals surface area contributed by atoms with Crippen LogP contribution < -0.4 is 4.74 Å². The average Bonchev–Trinajstić information content (AvgIpc) is 3.63. The van der Waals surface area contributed by atoms with Crippen molar-refractivity contribution in [3.8, 4) is 22.7 Å². The molecule has 5 rings (SSSR count). The maximum Gasteiger partial charge on any atom is 0.246 e. The van der Waals surface area contributed by atoms with Crippen LogP contribution >= 0.6 is 0 Å². The number of nitrogens with zero attached hydrogens (tertiary/aromatic N) is 4. The van der Waals surface area contributed by atoms with Crippen LogP contribution in [0, 0.1) is 0 Å². The number of methoxy groups -OCH3 is 1. The molecule has 0 spiro atoms. The largest absolute Gasteiger partial charge is 0.497 e. The van der Waals surface area contributed by atoms with Crippen LogP contribution in [0.4, 0.5) is 0 Å². The number of carbonyl (C=O) groups excluding carboxylic acids is 1. The Morgan fingerprint density at radius 1 is 1.16 bits per heavy atom. The lowest BCUT2D eigenvalue weighted by Gasteiger charge is -2.24. The number of hydrogen-bond donors (Lipinski definition) is 0. The van der Waals surface area contributed by atoms with Crippen LogP contribution in [0.1, 0.15) is 24.0 Å². The van der Waals surface area contributed by atoms with E-state index < -0.39 is 0 Å². The molecule has 0 N–H and O–H groups in total. The fourth-order valence-electron chi connectivity index (χ4n) is 4.47. The van der Waals surface area contributed by atoms with Gasteiger partial charge in [0.25, 0.3) is 0 Å². The highest BCUT2D eigenvalue weighted by molar-refractivity contribution is 5.93. The fourth-order valence-corrected chi connectivity index (χ4v) is 4.47. The number of amides is 1. The second-order valence-corrected chi connectivity index (χ2v) is 8.99. The molecular formula is C30H30N4O3. The first-order valence-corrected chi connectivity index (χ1v) is 12.5. The van der Waals surface area contributed by atoms with Gasteiger partial charge in [0.1, 0.15) is 11.4 Å². The highest BCUT2D eigenvalue weighted by Crippen LogP contribution is 2.25. The van der Waals surface area contributed by atoms with E-state index in [2.05, 4.69) is 4.98 Å². The number of pyridine rings is 1. The molecule has 3 heterocycles. The van der Waals surface area contributed by atoms with Crippen molar-refractivity contribution in [2.24, 2.45) is 0 Å². The molecule has 0 saturated carbocycles. The molecule has 1 atom stereocenters. The van der Waals surface area contributed by atoms with Crippen LogP contribution in [-0.2, 0) is 16.1 Å². The number of benzene rings is 2. The topological polar surface area (TPSA) is 69.5 Å². The van der Waals surface area contributed by atoms with Gasteiger partial charge in [0.05, 0.1) is 18.9 Å². The van der Waals surface area contributed by atoms with E-state index in [4.69, 9.17) is 14.6 Å². The van der Waals surface area contributed by atoms with Crippen molar-refractivity contribution < 1.29 is 14.3 Å². The van der Waals surface area contributed by atoms with Crippen molar-refractivity contribution in [3.63, 3.8) is 0 Å². The molecule has 188 valence electrons. The van der Waals surface area contributed by atoms with E-state index in [0.717, 1.165) is 53.3 Å². The van der Waals surface area contributed by atoms with Crippen LogP contribution in [-0.4, -0.2) is 51.9 Å². The average molecular weight is 495 g/mol. The minimum atomic E-state index is -0.0806. The fraction of sp³-hybridized carbons (Fsp3) is 0.233. The summed E-state index contributed by atoms with van der Waals surface area (Å²) in [4.78, 5) is 19.6. The van der Waals surface area contributed by atoms with E-state index in [1.165, 1.54) is 0 Å². The van der Waals surface area contributed by atoms with Gasteiger partial charge in [-0.2, -0.15) is 5.10 Å². The van der Waals surface area contributed by atoms with Crippen molar-refractivity contribution in [2.75, 3.05) is 20.3 Å². The first kappa shape index (κ1) is 24.5. The lowest BCUT2D eigenvalue weighted by atomic mass is 10.1. The van der Waals surface area contributed by atoms with Gasteiger partial charge in [-0.15, -0.1) is 0 Å². The lowest BCUT2D eigenvalue weighted by Crippen LogP contribution is -2.35. The SMILES string of the molecule is COc1cccc(CN(C[C@@H]2CCCO2)C(=O)/C=C\c2cn(-c3ccccc3)nc2-c2cccnc2)c1. The van der Waals surface area contributed by atoms with Gasteiger partial charge in [-0.05, 0) is 60.9 Å². The van der Waals surface area contributed by atoms with Gasteiger partial charge in [-0.1, -0.05) is 30.3 Å². The number of carbonyl (C=O) groups is 1. The summed E-state index contributed by atoms with van der Waals surface area (Å²) >= 11 is 0. The Morgan fingerprint density at radius 3 is 2.81 bits per heavy atom. The molecule has 0 aliphatic carbocycles. The number of aromatic nitrogens is 3. The van der Waals surface area contributed by atoms with Crippen LogP contribution in [0.5, 0.6) is 5.75 Å². The molecule has 1 saturated heterocycles. The summed E-state index contributed by atoms with van der Waals surface area (Å²) in [5.74, 6) is 0.690. The Hall–Kier alpha value is -4.23. The van der Waals surface area contributed by atoms with E-state index in [1.807, 2.05) is 88.6 Å². The summed E-state index contributed by atoms with van der Waals surface area (Å²) in [6.07, 6.45) is 11.0. The zero-order valence-corrected chi connectivity index (χ0v) is 20.9. The molecule has 4 aromatic rings. The van der Waals surface area contributed by atoms with E-state index in [9.17, 15) is 4.79 Å². The molecule has 0 bridgehead atoms. The van der Waals surface area contributed by atoms with Gasteiger partial charge >= 0.3 is 0 Å². The van der Waals surface area contributed by atoms with Crippen molar-refractivity contribution in [2.45, 2.75) is 25.5 Å². The third kappa shape index (κ3) is 6.13. The summed E-state index contributed by atoms with van der Waals surface area (Å²) in [7, 11) is 1.65. The maximum absolute atomic E-state index is 13.5. The highest BCUT2D eigenvalue weighted by atomic mass is 16.5. The Bertz CT molecular complexity index is 1350. The standard InChI is InChI=1S/C30H30N4O3/c1-36-27-12-5-8-23(18-27)20-33(22-28-13-7-17-37-28)29(35)15-14-25-21-34(26-10-3-2-4-11-26)32-30(25)24-9-6-16-31-19-24/h2-6,8-12,14-16,18-19,21,28H,7,13,17,20,22H2,1H3/b15-14-/t28-/m0/s1. The summed E-state index contributed by atoms with van der Waals surface area (Å²) in [6.45, 7) is 1.76. The Balaban J connectivity index is 1.43. The van der Waals surface area contributed by atoms with Crippen LogP contribution in [0.25, 0.3) is 23.0 Å². The van der Waals surface area contributed by atoms with Crippen LogP contribution in [0.3, 0.4) is 0 Å². The normalized spacial score (nSPS) is 15.2. The zero-order valence-electron chi connectivity index (χ0n) is 20.9. The third-order valence-electron chi connectivity index (χ3n) is 6.37. The van der Waals surface area contributed by atoms with Gasteiger partial charge in [0.2, 0.25) is 5.91 Å². The molecule has 0 radical (unpaired) electrons. The number of ether oxygens (including phenoxy) is 2. The van der Waals surface area contributed by atoms with Crippen molar-refractivity contribution in [1.29, 1.82) is 0 Å². The molecule has 2 aromatic heterocycles. The zero-order chi connectivity index (χ0) is 25.5. The molecule has 7 heteroatoms. The van der Waals surface area contributed by atoms with E-state index in [1.54, 1.807) is 25.6 Å². The third-order valence-corrected chi connectivity index (χ3v) is 6.37. The van der Waals surface area contributed by atoms with E-state index in [0.29, 0.717) is 13.1 Å². The first-order chi connectivity index (χ1) is 18.2. The van der Waals surface area contributed by atoms with Crippen molar-refractivity contribution in [1.82, 2.24) is 19.7 Å². The number of hydrogen-bond acceptors (Lipinski definition) is 5. The Morgan fingerprint density at radius 2 is 2.05 bits per heavy atom. The second-order valence-electron chi connectivity index (χ2n) is 8.99. The summed E-state index contributed by atoms with van der Waals surface area (Å²) in [5, 5.41) is 4.81. The predicted molar refractivity (Wildman–Crippen MR) is 143 cm³/mol. The number of para-hydroxylation sites is 1. The van der Waals surface area contributed by atoms with Crippen LogP contribution in [0.2, 0.25) is 0 Å². The molecule has 2 aromatic carbocycles. The summed E-state index contributed by atoms with van der Waals surface area (Å²) in [5.41, 5.74) is 4.43. The van der Waals surface area contributed by atoms with Gasteiger partial charge in [0.15, 0.2) is 0 Å². The van der Waals surface area contributed by atoms with Crippen LogP contribution in [0.15, 0.2) is 91.4 Å². The Labute approximate surface area is 217 Å². The molecular weight excluding hydrogens is 464 g/mol. The minimum absolute atomic E-state index is 0.0507. The maximum atomic E-state index is 13.5. The van der Waals surface area contributed by atoms with Gasteiger partial charge in [-0.25, -0.2) is 4.68 Å². The summed E-state index contributed by atoms with van der Waals surface area (Å²) in [6, 6.07) is 21.6. The minimum Gasteiger partial charge on any atom is -0.497 e. The first-order valence-electron chi connectivity index (χ1n) is 12.5. The number of rotatable bonds is 9. The highest BCUT2D eigenvalue weighted by Gasteiger charge is 2.22. The monoisotopic (exact) mass is 494 g/mol.